The Morgan fingerprint density at radius 2 is 2.30 bits per heavy atom. The highest BCUT2D eigenvalue weighted by atomic mass is 16.6. The molecule has 1 atom stereocenters. The van der Waals surface area contributed by atoms with Crippen LogP contribution in [-0.4, -0.2) is 48.1 Å². The van der Waals surface area contributed by atoms with Crippen molar-refractivity contribution < 1.29 is 14.5 Å². The van der Waals surface area contributed by atoms with Crippen LogP contribution >= 0.6 is 0 Å². The van der Waals surface area contributed by atoms with Crippen LogP contribution < -0.4 is 5.32 Å². The molecule has 0 radical (unpaired) electrons. The Morgan fingerprint density at radius 3 is 2.87 bits per heavy atom. The molecule has 1 fully saturated rings. The molecule has 1 amide bonds. The van der Waals surface area contributed by atoms with E-state index in [1.165, 1.54) is 12.1 Å². The van der Waals surface area contributed by atoms with E-state index >= 15 is 0 Å². The average Bonchev–Trinajstić information content (AvgIpc) is 3.01. The Kier molecular flexibility index (Phi) is 6.06. The third-order valence-corrected chi connectivity index (χ3v) is 4.00. The van der Waals surface area contributed by atoms with Crippen LogP contribution in [-0.2, 0) is 9.53 Å². The molecule has 1 aliphatic rings. The normalized spacial score (nSPS) is 17.4. The van der Waals surface area contributed by atoms with Gasteiger partial charge in [-0.1, -0.05) is 6.92 Å². The van der Waals surface area contributed by atoms with Gasteiger partial charge in [0.25, 0.3) is 5.69 Å². The zero-order valence-electron chi connectivity index (χ0n) is 13.6. The lowest BCUT2D eigenvalue weighted by Crippen LogP contribution is -2.38. The molecule has 1 aromatic carbocycles. The van der Waals surface area contributed by atoms with Crippen LogP contribution in [0.5, 0.6) is 0 Å². The molecular weight excluding hydrogens is 298 g/mol. The quantitative estimate of drug-likeness (QED) is 0.615. The number of carbonyl (C=O) groups is 1. The maximum absolute atomic E-state index is 12.2. The topological polar surface area (TPSA) is 84.7 Å². The predicted octanol–water partition coefficient (Wildman–Crippen LogP) is 2.34. The van der Waals surface area contributed by atoms with E-state index in [9.17, 15) is 14.9 Å². The second-order valence-corrected chi connectivity index (χ2v) is 5.77. The van der Waals surface area contributed by atoms with Crippen LogP contribution in [0.1, 0.15) is 25.3 Å². The van der Waals surface area contributed by atoms with Crippen molar-refractivity contribution in [1.29, 1.82) is 0 Å². The van der Waals surface area contributed by atoms with Crippen molar-refractivity contribution in [3.05, 3.63) is 33.9 Å². The molecule has 0 saturated carbocycles. The fraction of sp³-hybridized carbons (Fsp3) is 0.562. The Morgan fingerprint density at radius 1 is 1.52 bits per heavy atom. The lowest BCUT2D eigenvalue weighted by molar-refractivity contribution is -0.384. The summed E-state index contributed by atoms with van der Waals surface area (Å²) in [6, 6.07) is 4.42. The largest absolute Gasteiger partial charge is 0.377 e. The maximum atomic E-state index is 12.2. The van der Waals surface area contributed by atoms with Crippen LogP contribution in [0.2, 0.25) is 0 Å². The van der Waals surface area contributed by atoms with Crippen molar-refractivity contribution in [3.63, 3.8) is 0 Å². The van der Waals surface area contributed by atoms with Gasteiger partial charge in [-0.25, -0.2) is 0 Å². The SMILES string of the molecule is CCN(CC(=O)Nc1ccc([N+](=O)[O-])cc1C)C[C@H]1CCCO1. The third kappa shape index (κ3) is 5.01. The van der Waals surface area contributed by atoms with Gasteiger partial charge in [0.15, 0.2) is 0 Å². The molecule has 0 aromatic heterocycles. The number of nitro benzene ring substituents is 1. The van der Waals surface area contributed by atoms with Gasteiger partial charge in [0.2, 0.25) is 5.91 Å². The number of ether oxygens (including phenoxy) is 1. The van der Waals surface area contributed by atoms with E-state index < -0.39 is 4.92 Å². The van der Waals surface area contributed by atoms with Crippen LogP contribution in [0, 0.1) is 17.0 Å². The molecule has 1 N–H and O–H groups in total. The maximum Gasteiger partial charge on any atom is 0.269 e. The lowest BCUT2D eigenvalue weighted by atomic mass is 10.2. The Hall–Kier alpha value is -1.99. The molecule has 1 aliphatic heterocycles. The zero-order valence-corrected chi connectivity index (χ0v) is 13.6. The van der Waals surface area contributed by atoms with Crippen LogP contribution in [0.3, 0.4) is 0 Å². The number of anilines is 1. The molecule has 7 heteroatoms. The molecule has 7 nitrogen and oxygen atoms in total. The van der Waals surface area contributed by atoms with Gasteiger partial charge in [-0.15, -0.1) is 0 Å². The highest BCUT2D eigenvalue weighted by Crippen LogP contribution is 2.21. The van der Waals surface area contributed by atoms with E-state index in [0.717, 1.165) is 32.5 Å². The first kappa shape index (κ1) is 17.4. The first-order chi connectivity index (χ1) is 11.0. The summed E-state index contributed by atoms with van der Waals surface area (Å²) in [6.45, 7) is 6.37. The molecule has 0 unspecified atom stereocenters. The summed E-state index contributed by atoms with van der Waals surface area (Å²) in [6.07, 6.45) is 2.33. The fourth-order valence-electron chi connectivity index (χ4n) is 2.68. The number of nitrogens with one attached hydrogen (secondary N) is 1. The molecule has 2 rings (SSSR count). The van der Waals surface area contributed by atoms with E-state index in [2.05, 4.69) is 5.32 Å². The molecule has 1 heterocycles. The number of benzene rings is 1. The van der Waals surface area contributed by atoms with Gasteiger partial charge in [-0.3, -0.25) is 19.8 Å². The van der Waals surface area contributed by atoms with Gasteiger partial charge >= 0.3 is 0 Å². The lowest BCUT2D eigenvalue weighted by Gasteiger charge is -2.23. The Bertz CT molecular complexity index is 570. The number of amides is 1. The van der Waals surface area contributed by atoms with Crippen molar-refractivity contribution in [2.45, 2.75) is 32.8 Å². The van der Waals surface area contributed by atoms with Crippen LogP contribution in [0.25, 0.3) is 0 Å². The second kappa shape index (κ2) is 8.03. The summed E-state index contributed by atoms with van der Waals surface area (Å²) < 4.78 is 5.60. The number of aryl methyl sites for hydroxylation is 1. The Labute approximate surface area is 135 Å². The molecule has 1 aromatic rings. The van der Waals surface area contributed by atoms with Crippen molar-refractivity contribution in [2.75, 3.05) is 31.6 Å². The van der Waals surface area contributed by atoms with Gasteiger partial charge in [-0.2, -0.15) is 0 Å². The van der Waals surface area contributed by atoms with Gasteiger partial charge in [0.05, 0.1) is 17.6 Å². The number of hydrogen-bond donors (Lipinski definition) is 1. The standard InChI is InChI=1S/C16H23N3O4/c1-3-18(10-14-5-4-8-23-14)11-16(20)17-15-7-6-13(19(21)22)9-12(15)2/h6-7,9,14H,3-5,8,10-11H2,1-2H3,(H,17,20)/t14-/m1/s1. The minimum Gasteiger partial charge on any atom is -0.377 e. The summed E-state index contributed by atoms with van der Waals surface area (Å²) in [5.74, 6) is -0.123. The second-order valence-electron chi connectivity index (χ2n) is 5.77. The zero-order chi connectivity index (χ0) is 16.8. The number of nitrogens with zero attached hydrogens (tertiary/aromatic N) is 2. The molecule has 0 aliphatic carbocycles. The molecule has 0 bridgehead atoms. The number of likely N-dealkylation sites (N-methyl/N-ethyl adjacent to an activating group) is 1. The summed E-state index contributed by atoms with van der Waals surface area (Å²) >= 11 is 0. The molecule has 1 saturated heterocycles. The van der Waals surface area contributed by atoms with Gasteiger partial charge in [0, 0.05) is 31.0 Å². The minimum atomic E-state index is -0.445. The number of hydrogen-bond acceptors (Lipinski definition) is 5. The summed E-state index contributed by atoms with van der Waals surface area (Å²) in [7, 11) is 0. The van der Waals surface area contributed by atoms with Crippen molar-refractivity contribution in [1.82, 2.24) is 4.90 Å². The molecule has 23 heavy (non-hydrogen) atoms. The van der Waals surface area contributed by atoms with E-state index in [4.69, 9.17) is 4.74 Å². The summed E-state index contributed by atoms with van der Waals surface area (Å²) in [4.78, 5) is 24.5. The van der Waals surface area contributed by atoms with E-state index in [0.29, 0.717) is 11.3 Å². The Balaban J connectivity index is 1.91. The van der Waals surface area contributed by atoms with Gasteiger partial charge in [0.1, 0.15) is 0 Å². The first-order valence-electron chi connectivity index (χ1n) is 7.88. The number of carbonyl (C=O) groups excluding carboxylic acids is 1. The highest BCUT2D eigenvalue weighted by molar-refractivity contribution is 5.93. The minimum absolute atomic E-state index is 0.0223. The molecule has 0 spiro atoms. The van der Waals surface area contributed by atoms with E-state index in [1.54, 1.807) is 13.0 Å². The molecule has 126 valence electrons. The van der Waals surface area contributed by atoms with Crippen molar-refractivity contribution >= 4 is 17.3 Å². The number of rotatable bonds is 7. The van der Waals surface area contributed by atoms with E-state index in [-0.39, 0.29) is 24.2 Å². The third-order valence-electron chi connectivity index (χ3n) is 4.00. The van der Waals surface area contributed by atoms with Crippen molar-refractivity contribution in [3.8, 4) is 0 Å². The van der Waals surface area contributed by atoms with E-state index in [1.807, 2.05) is 11.8 Å². The summed E-state index contributed by atoms with van der Waals surface area (Å²) in [5.41, 5.74) is 1.30. The smallest absolute Gasteiger partial charge is 0.269 e. The van der Waals surface area contributed by atoms with Gasteiger partial charge < -0.3 is 10.1 Å². The van der Waals surface area contributed by atoms with Crippen LogP contribution in [0.15, 0.2) is 18.2 Å². The highest BCUT2D eigenvalue weighted by Gasteiger charge is 2.20. The number of non-ortho nitro benzene ring substituents is 1. The number of nitro groups is 1. The van der Waals surface area contributed by atoms with Crippen LogP contribution in [0.4, 0.5) is 11.4 Å². The monoisotopic (exact) mass is 321 g/mol. The predicted molar refractivity (Wildman–Crippen MR) is 87.6 cm³/mol. The average molecular weight is 321 g/mol. The summed E-state index contributed by atoms with van der Waals surface area (Å²) in [5, 5.41) is 13.6. The molecular formula is C16H23N3O4. The van der Waals surface area contributed by atoms with Crippen molar-refractivity contribution in [2.24, 2.45) is 0 Å². The van der Waals surface area contributed by atoms with Gasteiger partial charge in [-0.05, 0) is 37.9 Å². The fourth-order valence-corrected chi connectivity index (χ4v) is 2.68. The first-order valence-corrected chi connectivity index (χ1v) is 7.88.